The molecule has 0 amide bonds. The highest BCUT2D eigenvalue weighted by molar-refractivity contribution is 7.91. The summed E-state index contributed by atoms with van der Waals surface area (Å²) < 4.78 is 23.3. The van der Waals surface area contributed by atoms with Crippen molar-refractivity contribution in [1.82, 2.24) is 5.32 Å². The quantitative estimate of drug-likeness (QED) is 0.844. The van der Waals surface area contributed by atoms with E-state index >= 15 is 0 Å². The van der Waals surface area contributed by atoms with Gasteiger partial charge in [-0.15, -0.1) is 0 Å². The molecule has 0 aliphatic carbocycles. The first-order valence-corrected chi connectivity index (χ1v) is 8.83. The summed E-state index contributed by atoms with van der Waals surface area (Å²) in [4.78, 5) is 0. The zero-order valence-electron chi connectivity index (χ0n) is 10.9. The molecule has 1 N–H and O–H groups in total. The molecule has 2 saturated heterocycles. The van der Waals surface area contributed by atoms with E-state index in [1.807, 2.05) is 0 Å². The van der Waals surface area contributed by atoms with E-state index in [0.29, 0.717) is 17.4 Å². The zero-order valence-corrected chi connectivity index (χ0v) is 11.7. The number of piperidine rings is 1. The molecule has 0 aromatic rings. The van der Waals surface area contributed by atoms with Crippen LogP contribution in [-0.2, 0) is 9.84 Å². The number of sulfone groups is 1. The van der Waals surface area contributed by atoms with Crippen LogP contribution in [-0.4, -0.2) is 32.0 Å². The molecule has 0 bridgehead atoms. The first-order chi connectivity index (χ1) is 8.05. The molecule has 100 valence electrons. The van der Waals surface area contributed by atoms with Crippen LogP contribution in [0.5, 0.6) is 0 Å². The van der Waals surface area contributed by atoms with Crippen molar-refractivity contribution < 1.29 is 8.42 Å². The van der Waals surface area contributed by atoms with Gasteiger partial charge in [-0.05, 0) is 51.0 Å². The third kappa shape index (κ3) is 3.44. The fourth-order valence-electron chi connectivity index (χ4n) is 3.48. The summed E-state index contributed by atoms with van der Waals surface area (Å²) in [6.45, 7) is 3.34. The summed E-state index contributed by atoms with van der Waals surface area (Å²) in [5, 5.41) is 3.66. The van der Waals surface area contributed by atoms with Crippen molar-refractivity contribution in [2.75, 3.05) is 18.1 Å². The molecular formula is C13H25NO2S. The number of hydrogen-bond acceptors (Lipinski definition) is 3. The van der Waals surface area contributed by atoms with E-state index in [-0.39, 0.29) is 5.54 Å². The van der Waals surface area contributed by atoms with E-state index in [4.69, 9.17) is 0 Å². The molecule has 0 aromatic heterocycles. The van der Waals surface area contributed by atoms with Crippen LogP contribution in [0.2, 0.25) is 0 Å². The van der Waals surface area contributed by atoms with Crippen LogP contribution in [0.1, 0.15) is 51.9 Å². The lowest BCUT2D eigenvalue weighted by Gasteiger charge is -2.41. The fraction of sp³-hybridized carbons (Fsp3) is 1.00. The zero-order chi connectivity index (χ0) is 12.4. The lowest BCUT2D eigenvalue weighted by molar-refractivity contribution is 0.195. The molecule has 2 rings (SSSR count). The number of nitrogens with one attached hydrogen (secondary N) is 1. The van der Waals surface area contributed by atoms with Gasteiger partial charge in [-0.2, -0.15) is 0 Å². The van der Waals surface area contributed by atoms with Gasteiger partial charge in [0.25, 0.3) is 0 Å². The predicted octanol–water partition coefficient (Wildman–Crippen LogP) is 2.12. The van der Waals surface area contributed by atoms with Gasteiger partial charge in [-0.1, -0.05) is 13.3 Å². The predicted molar refractivity (Wildman–Crippen MR) is 70.9 cm³/mol. The minimum Gasteiger partial charge on any atom is -0.311 e. The highest BCUT2D eigenvalue weighted by Crippen LogP contribution is 2.33. The van der Waals surface area contributed by atoms with Crippen molar-refractivity contribution >= 4 is 9.84 Å². The average Bonchev–Trinajstić information content (AvgIpc) is 2.29. The minimum absolute atomic E-state index is 0.232. The van der Waals surface area contributed by atoms with Crippen LogP contribution in [0.4, 0.5) is 0 Å². The maximum atomic E-state index is 11.7. The summed E-state index contributed by atoms with van der Waals surface area (Å²) in [6.07, 6.45) is 7.94. The molecule has 17 heavy (non-hydrogen) atoms. The SMILES string of the molecule is CCC1(CC2CCCS(=O)(=O)C2)CCCCN1. The van der Waals surface area contributed by atoms with Gasteiger partial charge in [0.05, 0.1) is 11.5 Å². The first-order valence-electron chi connectivity index (χ1n) is 7.01. The maximum Gasteiger partial charge on any atom is 0.150 e. The monoisotopic (exact) mass is 259 g/mol. The molecule has 2 aliphatic heterocycles. The van der Waals surface area contributed by atoms with E-state index in [1.165, 1.54) is 19.3 Å². The first kappa shape index (κ1) is 13.3. The molecule has 2 atom stereocenters. The number of hydrogen-bond donors (Lipinski definition) is 1. The molecule has 4 heteroatoms. The molecule has 2 fully saturated rings. The van der Waals surface area contributed by atoms with Gasteiger partial charge in [-0.25, -0.2) is 8.42 Å². The van der Waals surface area contributed by atoms with Gasteiger partial charge >= 0.3 is 0 Å². The molecule has 2 unspecified atom stereocenters. The lowest BCUT2D eigenvalue weighted by atomic mass is 9.78. The van der Waals surface area contributed by atoms with Gasteiger partial charge in [-0.3, -0.25) is 0 Å². The Labute approximate surface area is 105 Å². The summed E-state index contributed by atoms with van der Waals surface area (Å²) >= 11 is 0. The van der Waals surface area contributed by atoms with E-state index in [9.17, 15) is 8.42 Å². The molecule has 2 aliphatic rings. The Morgan fingerprint density at radius 2 is 2.12 bits per heavy atom. The molecule has 2 heterocycles. The smallest absolute Gasteiger partial charge is 0.150 e. The van der Waals surface area contributed by atoms with Gasteiger partial charge in [0, 0.05) is 5.54 Å². The third-order valence-corrected chi connectivity index (χ3v) is 6.39. The van der Waals surface area contributed by atoms with Crippen molar-refractivity contribution in [3.63, 3.8) is 0 Å². The molecule has 0 aromatic carbocycles. The van der Waals surface area contributed by atoms with Crippen LogP contribution in [0.15, 0.2) is 0 Å². The van der Waals surface area contributed by atoms with Crippen molar-refractivity contribution in [3.05, 3.63) is 0 Å². The Balaban J connectivity index is 1.98. The second kappa shape index (κ2) is 5.27. The Kier molecular flexibility index (Phi) is 4.14. The van der Waals surface area contributed by atoms with Crippen molar-refractivity contribution in [2.24, 2.45) is 5.92 Å². The van der Waals surface area contributed by atoms with Crippen LogP contribution in [0, 0.1) is 5.92 Å². The lowest BCUT2D eigenvalue weighted by Crippen LogP contribution is -2.50. The second-order valence-corrected chi connectivity index (χ2v) is 8.07. The standard InChI is InChI=1S/C13H25NO2S/c1-2-13(7-3-4-8-14-13)10-12-6-5-9-17(15,16)11-12/h12,14H,2-11H2,1H3. The van der Waals surface area contributed by atoms with Gasteiger partial charge in [0.2, 0.25) is 0 Å². The van der Waals surface area contributed by atoms with E-state index < -0.39 is 9.84 Å². The van der Waals surface area contributed by atoms with E-state index in [0.717, 1.165) is 32.2 Å². The average molecular weight is 259 g/mol. The van der Waals surface area contributed by atoms with Gasteiger partial charge < -0.3 is 5.32 Å². The van der Waals surface area contributed by atoms with Crippen LogP contribution in [0.25, 0.3) is 0 Å². The summed E-state index contributed by atoms with van der Waals surface area (Å²) in [5.41, 5.74) is 0.232. The summed E-state index contributed by atoms with van der Waals surface area (Å²) in [5.74, 6) is 1.23. The topological polar surface area (TPSA) is 46.2 Å². The highest BCUT2D eigenvalue weighted by atomic mass is 32.2. The second-order valence-electron chi connectivity index (χ2n) is 5.84. The Hall–Kier alpha value is -0.0900. The normalized spacial score (nSPS) is 37.8. The summed E-state index contributed by atoms with van der Waals surface area (Å²) in [6, 6.07) is 0. The van der Waals surface area contributed by atoms with Crippen LogP contribution < -0.4 is 5.32 Å². The van der Waals surface area contributed by atoms with Crippen molar-refractivity contribution in [3.8, 4) is 0 Å². The Morgan fingerprint density at radius 1 is 1.29 bits per heavy atom. The summed E-state index contributed by atoms with van der Waals surface area (Å²) in [7, 11) is -2.75. The van der Waals surface area contributed by atoms with Crippen LogP contribution >= 0.6 is 0 Å². The molecule has 0 saturated carbocycles. The Morgan fingerprint density at radius 3 is 2.71 bits per heavy atom. The van der Waals surface area contributed by atoms with Gasteiger partial charge in [0.15, 0.2) is 9.84 Å². The Bertz CT molecular complexity index is 344. The number of rotatable bonds is 3. The largest absolute Gasteiger partial charge is 0.311 e. The molecule has 3 nitrogen and oxygen atoms in total. The minimum atomic E-state index is -2.75. The fourth-order valence-corrected chi connectivity index (χ4v) is 5.26. The van der Waals surface area contributed by atoms with E-state index in [1.54, 1.807) is 0 Å². The van der Waals surface area contributed by atoms with Gasteiger partial charge in [0.1, 0.15) is 0 Å². The molecular weight excluding hydrogens is 234 g/mol. The molecule has 0 spiro atoms. The van der Waals surface area contributed by atoms with Crippen molar-refractivity contribution in [2.45, 2.75) is 57.4 Å². The van der Waals surface area contributed by atoms with E-state index in [2.05, 4.69) is 12.2 Å². The van der Waals surface area contributed by atoms with Crippen LogP contribution in [0.3, 0.4) is 0 Å². The maximum absolute atomic E-state index is 11.7. The van der Waals surface area contributed by atoms with Crippen molar-refractivity contribution in [1.29, 1.82) is 0 Å². The highest BCUT2D eigenvalue weighted by Gasteiger charge is 2.35. The third-order valence-electron chi connectivity index (χ3n) is 4.50. The molecule has 0 radical (unpaired) electrons.